The molecule has 9 heteroatoms. The van der Waals surface area contributed by atoms with Crippen molar-refractivity contribution in [2.24, 2.45) is 10.9 Å². The second-order valence-electron chi connectivity index (χ2n) is 3.26. The Morgan fingerprint density at radius 1 is 1.53 bits per heavy atom. The monoisotopic (exact) mass is 257 g/mol. The molecule has 0 aromatic heterocycles. The van der Waals surface area contributed by atoms with Crippen LogP contribution in [0.15, 0.2) is 5.16 Å². The highest BCUT2D eigenvalue weighted by Gasteiger charge is 2.27. The number of nitrogens with zero attached hydrogens (tertiary/aromatic N) is 2. The number of amidine groups is 1. The van der Waals surface area contributed by atoms with Crippen LogP contribution >= 0.6 is 0 Å². The molecule has 0 atom stereocenters. The van der Waals surface area contributed by atoms with E-state index in [0.29, 0.717) is 0 Å². The van der Waals surface area contributed by atoms with Gasteiger partial charge in [-0.3, -0.25) is 4.79 Å². The number of likely N-dealkylation sites (N-methyl/N-ethyl adjacent to an activating group) is 1. The number of hydrogen-bond acceptors (Lipinski definition) is 4. The molecule has 0 aliphatic rings. The number of alkyl halides is 3. The maximum Gasteiger partial charge on any atom is 0.411 e. The second-order valence-corrected chi connectivity index (χ2v) is 3.26. The molecule has 100 valence electrons. The molecule has 0 rings (SSSR count). The Morgan fingerprint density at radius 3 is 2.59 bits per heavy atom. The zero-order chi connectivity index (χ0) is 13.5. The summed E-state index contributed by atoms with van der Waals surface area (Å²) in [5.41, 5.74) is 5.15. The largest absolute Gasteiger partial charge is 0.411 e. The highest BCUT2D eigenvalue weighted by molar-refractivity contribution is 5.86. The average molecular weight is 257 g/mol. The fourth-order valence-corrected chi connectivity index (χ4v) is 0.901. The molecule has 0 aromatic rings. The Bertz CT molecular complexity index is 281. The van der Waals surface area contributed by atoms with Gasteiger partial charge >= 0.3 is 6.18 Å². The molecule has 0 aromatic carbocycles. The van der Waals surface area contributed by atoms with Crippen molar-refractivity contribution in [2.75, 3.05) is 26.8 Å². The van der Waals surface area contributed by atoms with E-state index in [0.717, 1.165) is 4.90 Å². The van der Waals surface area contributed by atoms with E-state index in [1.165, 1.54) is 7.05 Å². The van der Waals surface area contributed by atoms with Gasteiger partial charge in [0, 0.05) is 7.05 Å². The number of carbonyl (C=O) groups is 1. The molecule has 0 saturated carbocycles. The highest BCUT2D eigenvalue weighted by atomic mass is 19.4. The van der Waals surface area contributed by atoms with E-state index in [-0.39, 0.29) is 25.4 Å². The van der Waals surface area contributed by atoms with Gasteiger partial charge in [-0.2, -0.15) is 13.2 Å². The second kappa shape index (κ2) is 6.94. The number of hydrogen-bond donors (Lipinski definition) is 2. The fourth-order valence-electron chi connectivity index (χ4n) is 0.901. The number of oxime groups is 1. The first-order valence-corrected chi connectivity index (χ1v) is 4.61. The SMILES string of the molecule is CN(CC(N)=NO)C(=O)CCOCC(F)(F)F. The van der Waals surface area contributed by atoms with Crippen LogP contribution in [-0.4, -0.2) is 54.8 Å². The molecule has 0 saturated heterocycles. The van der Waals surface area contributed by atoms with Crippen LogP contribution < -0.4 is 5.73 Å². The van der Waals surface area contributed by atoms with E-state index in [1.807, 2.05) is 0 Å². The molecular weight excluding hydrogens is 243 g/mol. The van der Waals surface area contributed by atoms with Crippen molar-refractivity contribution in [1.29, 1.82) is 0 Å². The van der Waals surface area contributed by atoms with Gasteiger partial charge in [0.15, 0.2) is 5.84 Å². The summed E-state index contributed by atoms with van der Waals surface area (Å²) in [6, 6.07) is 0. The minimum atomic E-state index is -4.40. The van der Waals surface area contributed by atoms with Gasteiger partial charge < -0.3 is 20.6 Å². The Balaban J connectivity index is 3.79. The molecule has 0 unspecified atom stereocenters. The van der Waals surface area contributed by atoms with Crippen molar-refractivity contribution in [3.05, 3.63) is 0 Å². The van der Waals surface area contributed by atoms with Crippen molar-refractivity contribution in [1.82, 2.24) is 4.90 Å². The molecule has 17 heavy (non-hydrogen) atoms. The lowest BCUT2D eigenvalue weighted by Gasteiger charge is -2.16. The van der Waals surface area contributed by atoms with Crippen LogP contribution in [0.4, 0.5) is 13.2 Å². The smallest absolute Gasteiger partial charge is 0.409 e. The molecule has 0 aliphatic carbocycles. The minimum Gasteiger partial charge on any atom is -0.409 e. The number of carbonyl (C=O) groups excluding carboxylic acids is 1. The Hall–Kier alpha value is -1.51. The van der Waals surface area contributed by atoms with E-state index in [2.05, 4.69) is 9.89 Å². The van der Waals surface area contributed by atoms with Crippen LogP contribution in [0.1, 0.15) is 6.42 Å². The van der Waals surface area contributed by atoms with Crippen LogP contribution in [0.5, 0.6) is 0 Å². The molecule has 1 amide bonds. The number of ether oxygens (including phenoxy) is 1. The van der Waals surface area contributed by atoms with Gasteiger partial charge in [0.1, 0.15) is 6.61 Å². The van der Waals surface area contributed by atoms with Gasteiger partial charge in [-0.05, 0) is 0 Å². The molecule has 0 aliphatic heterocycles. The summed E-state index contributed by atoms with van der Waals surface area (Å²) in [5, 5.41) is 10.9. The third-order valence-corrected chi connectivity index (χ3v) is 1.68. The number of nitrogens with two attached hydrogens (primary N) is 1. The molecule has 6 nitrogen and oxygen atoms in total. The first kappa shape index (κ1) is 15.5. The maximum atomic E-state index is 11.7. The quantitative estimate of drug-likeness (QED) is 0.233. The zero-order valence-electron chi connectivity index (χ0n) is 9.20. The molecule has 0 bridgehead atoms. The predicted molar refractivity (Wildman–Crippen MR) is 52.5 cm³/mol. The molecule has 3 N–H and O–H groups in total. The standard InChI is InChI=1S/C8H14F3N3O3/c1-14(4-6(12)13-16)7(15)2-3-17-5-8(9,10)11/h16H,2-5H2,1H3,(H2,12,13). The van der Waals surface area contributed by atoms with Crippen molar-refractivity contribution < 1.29 is 27.9 Å². The zero-order valence-corrected chi connectivity index (χ0v) is 9.20. The summed E-state index contributed by atoms with van der Waals surface area (Å²) in [5.74, 6) is -0.629. The van der Waals surface area contributed by atoms with Crippen molar-refractivity contribution in [2.45, 2.75) is 12.6 Å². The molecule has 0 fully saturated rings. The van der Waals surface area contributed by atoms with E-state index < -0.39 is 18.7 Å². The first-order chi connectivity index (χ1) is 7.76. The first-order valence-electron chi connectivity index (χ1n) is 4.61. The number of halogens is 3. The van der Waals surface area contributed by atoms with Gasteiger partial charge in [-0.25, -0.2) is 0 Å². The lowest BCUT2D eigenvalue weighted by atomic mass is 10.4. The van der Waals surface area contributed by atoms with Crippen LogP contribution in [0.3, 0.4) is 0 Å². The van der Waals surface area contributed by atoms with Gasteiger partial charge in [0.25, 0.3) is 0 Å². The maximum absolute atomic E-state index is 11.7. The third kappa shape index (κ3) is 8.31. The van der Waals surface area contributed by atoms with E-state index in [9.17, 15) is 18.0 Å². The van der Waals surface area contributed by atoms with Crippen LogP contribution in [0.2, 0.25) is 0 Å². The van der Waals surface area contributed by atoms with E-state index in [1.54, 1.807) is 0 Å². The van der Waals surface area contributed by atoms with Gasteiger partial charge in [0.05, 0.1) is 19.6 Å². The lowest BCUT2D eigenvalue weighted by Crippen LogP contribution is -2.36. The Labute approximate surface area is 95.8 Å². The summed E-state index contributed by atoms with van der Waals surface area (Å²) in [7, 11) is 1.38. The van der Waals surface area contributed by atoms with Crippen LogP contribution in [0, 0.1) is 0 Å². The highest BCUT2D eigenvalue weighted by Crippen LogP contribution is 2.14. The predicted octanol–water partition coefficient (Wildman–Crippen LogP) is 0.160. The Morgan fingerprint density at radius 2 is 2.12 bits per heavy atom. The van der Waals surface area contributed by atoms with Crippen LogP contribution in [0.25, 0.3) is 0 Å². The summed E-state index contributed by atoms with van der Waals surface area (Å²) in [6.45, 7) is -1.82. The van der Waals surface area contributed by atoms with Gasteiger partial charge in [-0.15, -0.1) is 0 Å². The normalized spacial score (nSPS) is 12.6. The fraction of sp³-hybridized carbons (Fsp3) is 0.750. The number of rotatable bonds is 6. The molecule has 0 heterocycles. The summed E-state index contributed by atoms with van der Waals surface area (Å²) < 4.78 is 39.3. The number of amides is 1. The third-order valence-electron chi connectivity index (χ3n) is 1.68. The van der Waals surface area contributed by atoms with Crippen LogP contribution in [-0.2, 0) is 9.53 Å². The minimum absolute atomic E-state index is 0.103. The average Bonchev–Trinajstić information content (AvgIpc) is 2.22. The van der Waals surface area contributed by atoms with Gasteiger partial charge in [0.2, 0.25) is 5.91 Å². The van der Waals surface area contributed by atoms with Gasteiger partial charge in [-0.1, -0.05) is 5.16 Å². The lowest BCUT2D eigenvalue weighted by molar-refractivity contribution is -0.175. The van der Waals surface area contributed by atoms with Crippen molar-refractivity contribution >= 4 is 11.7 Å². The summed E-state index contributed by atoms with van der Waals surface area (Å²) in [6.07, 6.45) is -4.60. The molecular formula is C8H14F3N3O3. The van der Waals surface area contributed by atoms with Crippen molar-refractivity contribution in [3.63, 3.8) is 0 Å². The Kier molecular flexibility index (Phi) is 6.33. The summed E-state index contributed by atoms with van der Waals surface area (Å²) >= 11 is 0. The molecule has 0 spiro atoms. The summed E-state index contributed by atoms with van der Waals surface area (Å²) in [4.78, 5) is 12.4. The topological polar surface area (TPSA) is 88.1 Å². The van der Waals surface area contributed by atoms with Crippen molar-refractivity contribution in [3.8, 4) is 0 Å². The van der Waals surface area contributed by atoms with E-state index in [4.69, 9.17) is 10.9 Å². The molecule has 0 radical (unpaired) electrons. The van der Waals surface area contributed by atoms with E-state index >= 15 is 0 Å².